The minimum absolute atomic E-state index is 0.234. The summed E-state index contributed by atoms with van der Waals surface area (Å²) < 4.78 is 7.45. The molecule has 4 nitrogen and oxygen atoms in total. The molecule has 0 fully saturated rings. The predicted molar refractivity (Wildman–Crippen MR) is 78.7 cm³/mol. The van der Waals surface area contributed by atoms with E-state index < -0.39 is 0 Å². The van der Waals surface area contributed by atoms with E-state index in [0.717, 1.165) is 16.7 Å². The second-order valence-corrected chi connectivity index (χ2v) is 5.20. The van der Waals surface area contributed by atoms with Crippen molar-refractivity contribution in [1.82, 2.24) is 14.9 Å². The number of aryl methyl sites for hydroxylation is 1. The van der Waals surface area contributed by atoms with Crippen LogP contribution in [0.15, 0.2) is 41.8 Å². The number of hydrogen-bond donors (Lipinski definition) is 1. The smallest absolute Gasteiger partial charge is 0.167 e. The molecule has 5 heteroatoms. The number of para-hydroxylation sites is 1. The average molecular weight is 277 g/mol. The van der Waals surface area contributed by atoms with Gasteiger partial charge < -0.3 is 14.6 Å². The van der Waals surface area contributed by atoms with Crippen LogP contribution in [0.1, 0.15) is 11.6 Å². The molecule has 1 unspecified atom stereocenters. The summed E-state index contributed by atoms with van der Waals surface area (Å²) in [5, 5.41) is 4.36. The minimum Gasteiger partial charge on any atom is -0.496 e. The maximum atomic E-state index is 5.42. The van der Waals surface area contributed by atoms with Crippen molar-refractivity contribution in [3.8, 4) is 5.75 Å². The summed E-state index contributed by atoms with van der Waals surface area (Å²) in [6, 6.07) is 8.34. The number of nitrogens with zero attached hydrogens (tertiary/aromatic N) is 2. The van der Waals surface area contributed by atoms with Crippen LogP contribution >= 0.6 is 11.8 Å². The standard InChI is InChI=1S/C14H19N3OS/c1-15-12(10-19-14-16-8-9-17(14)2)11-6-4-5-7-13(11)18-3/h4-9,12,15H,10H2,1-3H3. The first-order valence-corrected chi connectivity index (χ1v) is 7.15. The van der Waals surface area contributed by atoms with Gasteiger partial charge in [-0.15, -0.1) is 0 Å². The summed E-state index contributed by atoms with van der Waals surface area (Å²) in [7, 11) is 5.68. The molecule has 1 aromatic carbocycles. The van der Waals surface area contributed by atoms with Gasteiger partial charge in [0.15, 0.2) is 5.16 Å². The third kappa shape index (κ3) is 3.30. The topological polar surface area (TPSA) is 39.1 Å². The number of hydrogen-bond acceptors (Lipinski definition) is 4. The predicted octanol–water partition coefficient (Wildman–Crippen LogP) is 2.48. The summed E-state index contributed by atoms with van der Waals surface area (Å²) in [5.41, 5.74) is 1.18. The molecule has 2 aromatic rings. The zero-order chi connectivity index (χ0) is 13.7. The Morgan fingerprint density at radius 3 is 2.84 bits per heavy atom. The van der Waals surface area contributed by atoms with Gasteiger partial charge in [-0.3, -0.25) is 0 Å². The molecule has 102 valence electrons. The van der Waals surface area contributed by atoms with Gasteiger partial charge in [-0.25, -0.2) is 4.98 Å². The molecule has 0 saturated carbocycles. The number of benzene rings is 1. The van der Waals surface area contributed by atoms with Gasteiger partial charge in [-0.2, -0.15) is 0 Å². The highest BCUT2D eigenvalue weighted by atomic mass is 32.2. The number of nitrogens with one attached hydrogen (secondary N) is 1. The first-order chi connectivity index (χ1) is 9.26. The molecule has 0 spiro atoms. The number of imidazole rings is 1. The second-order valence-electron chi connectivity index (χ2n) is 4.21. The normalized spacial score (nSPS) is 12.4. The molecule has 1 atom stereocenters. The lowest BCUT2D eigenvalue weighted by Gasteiger charge is -2.18. The Hall–Kier alpha value is -1.46. The van der Waals surface area contributed by atoms with Gasteiger partial charge in [0.05, 0.1) is 7.11 Å². The third-order valence-corrected chi connectivity index (χ3v) is 4.17. The maximum absolute atomic E-state index is 5.42. The van der Waals surface area contributed by atoms with Crippen LogP contribution in [-0.4, -0.2) is 29.5 Å². The number of thioether (sulfide) groups is 1. The molecule has 0 saturated heterocycles. The Morgan fingerprint density at radius 2 is 2.21 bits per heavy atom. The van der Waals surface area contributed by atoms with E-state index in [4.69, 9.17) is 4.74 Å². The summed E-state index contributed by atoms with van der Waals surface area (Å²) in [5.74, 6) is 1.82. The van der Waals surface area contributed by atoms with Gasteiger partial charge in [0.25, 0.3) is 0 Å². The SMILES string of the molecule is CNC(CSc1nccn1C)c1ccccc1OC. The molecule has 2 rings (SSSR count). The Balaban J connectivity index is 2.10. The second kappa shape index (κ2) is 6.63. The van der Waals surface area contributed by atoms with E-state index in [0.29, 0.717) is 0 Å². The van der Waals surface area contributed by atoms with Crippen molar-refractivity contribution in [2.45, 2.75) is 11.2 Å². The van der Waals surface area contributed by atoms with Crippen molar-refractivity contribution in [2.75, 3.05) is 19.9 Å². The summed E-state index contributed by atoms with van der Waals surface area (Å²) in [6.07, 6.45) is 3.78. The van der Waals surface area contributed by atoms with Gasteiger partial charge in [0.2, 0.25) is 0 Å². The van der Waals surface area contributed by atoms with Crippen LogP contribution in [0.3, 0.4) is 0 Å². The summed E-state index contributed by atoms with van der Waals surface area (Å²) in [4.78, 5) is 4.33. The van der Waals surface area contributed by atoms with E-state index in [-0.39, 0.29) is 6.04 Å². The van der Waals surface area contributed by atoms with Crippen molar-refractivity contribution < 1.29 is 4.74 Å². The quantitative estimate of drug-likeness (QED) is 0.823. The fraction of sp³-hybridized carbons (Fsp3) is 0.357. The highest BCUT2D eigenvalue weighted by molar-refractivity contribution is 7.99. The molecular formula is C14H19N3OS. The lowest BCUT2D eigenvalue weighted by atomic mass is 10.1. The Labute approximate surface area is 118 Å². The molecule has 0 aliphatic heterocycles. The number of methoxy groups -OCH3 is 1. The molecule has 0 bridgehead atoms. The van der Waals surface area contributed by atoms with Crippen LogP contribution in [0.25, 0.3) is 0 Å². The van der Waals surface area contributed by atoms with Crippen LogP contribution in [-0.2, 0) is 7.05 Å². The Kier molecular flexibility index (Phi) is 4.87. The fourth-order valence-electron chi connectivity index (χ4n) is 1.93. The van der Waals surface area contributed by atoms with E-state index >= 15 is 0 Å². The van der Waals surface area contributed by atoms with Crippen molar-refractivity contribution >= 4 is 11.8 Å². The van der Waals surface area contributed by atoms with Crippen molar-refractivity contribution in [2.24, 2.45) is 7.05 Å². The van der Waals surface area contributed by atoms with Crippen LogP contribution in [0.4, 0.5) is 0 Å². The average Bonchev–Trinajstić information content (AvgIpc) is 2.85. The first-order valence-electron chi connectivity index (χ1n) is 6.16. The Morgan fingerprint density at radius 1 is 1.42 bits per heavy atom. The van der Waals surface area contributed by atoms with Gasteiger partial charge >= 0.3 is 0 Å². The number of aromatic nitrogens is 2. The molecule has 1 N–H and O–H groups in total. The van der Waals surface area contributed by atoms with E-state index in [1.165, 1.54) is 5.56 Å². The van der Waals surface area contributed by atoms with Crippen molar-refractivity contribution in [1.29, 1.82) is 0 Å². The fourth-order valence-corrected chi connectivity index (χ4v) is 2.99. The third-order valence-electron chi connectivity index (χ3n) is 3.02. The molecule has 1 heterocycles. The maximum Gasteiger partial charge on any atom is 0.167 e. The first kappa shape index (κ1) is 14.0. The Bertz CT molecular complexity index is 527. The van der Waals surface area contributed by atoms with Gasteiger partial charge in [-0.1, -0.05) is 30.0 Å². The molecular weight excluding hydrogens is 258 g/mol. The summed E-state index contributed by atoms with van der Waals surface area (Å²) >= 11 is 1.73. The molecule has 1 aromatic heterocycles. The minimum atomic E-state index is 0.234. The van der Waals surface area contributed by atoms with E-state index in [9.17, 15) is 0 Å². The highest BCUT2D eigenvalue weighted by Crippen LogP contribution is 2.29. The molecule has 0 aliphatic rings. The molecule has 0 amide bonds. The monoisotopic (exact) mass is 277 g/mol. The van der Waals surface area contributed by atoms with E-state index in [1.54, 1.807) is 18.9 Å². The zero-order valence-electron chi connectivity index (χ0n) is 11.5. The molecule has 19 heavy (non-hydrogen) atoms. The van der Waals surface area contributed by atoms with E-state index in [2.05, 4.69) is 16.4 Å². The number of rotatable bonds is 6. The molecule has 0 radical (unpaired) electrons. The zero-order valence-corrected chi connectivity index (χ0v) is 12.3. The van der Waals surface area contributed by atoms with Crippen molar-refractivity contribution in [3.63, 3.8) is 0 Å². The van der Waals surface area contributed by atoms with E-state index in [1.807, 2.05) is 49.3 Å². The van der Waals surface area contributed by atoms with Crippen LogP contribution in [0, 0.1) is 0 Å². The van der Waals surface area contributed by atoms with Gasteiger partial charge in [0.1, 0.15) is 5.75 Å². The lowest BCUT2D eigenvalue weighted by molar-refractivity contribution is 0.404. The van der Waals surface area contributed by atoms with Crippen LogP contribution in [0.2, 0.25) is 0 Å². The van der Waals surface area contributed by atoms with Gasteiger partial charge in [-0.05, 0) is 13.1 Å². The van der Waals surface area contributed by atoms with Gasteiger partial charge in [0, 0.05) is 36.8 Å². The van der Waals surface area contributed by atoms with Crippen LogP contribution < -0.4 is 10.1 Å². The highest BCUT2D eigenvalue weighted by Gasteiger charge is 2.15. The number of ether oxygens (including phenoxy) is 1. The largest absolute Gasteiger partial charge is 0.496 e. The van der Waals surface area contributed by atoms with Crippen molar-refractivity contribution in [3.05, 3.63) is 42.2 Å². The van der Waals surface area contributed by atoms with Crippen LogP contribution in [0.5, 0.6) is 5.75 Å². The molecule has 0 aliphatic carbocycles. The summed E-state index contributed by atoms with van der Waals surface area (Å²) in [6.45, 7) is 0. The lowest BCUT2D eigenvalue weighted by Crippen LogP contribution is -2.19.